The average molecular weight is 336 g/mol. The van der Waals surface area contributed by atoms with Crippen LogP contribution in [-0.4, -0.2) is 53.0 Å². The van der Waals surface area contributed by atoms with Gasteiger partial charge in [-0.25, -0.2) is 0 Å². The third-order valence-corrected chi connectivity index (χ3v) is 5.07. The fourth-order valence-corrected chi connectivity index (χ4v) is 3.96. The summed E-state index contributed by atoms with van der Waals surface area (Å²) in [5.41, 5.74) is 0. The van der Waals surface area contributed by atoms with Crippen molar-refractivity contribution in [1.29, 1.82) is 0 Å². The van der Waals surface area contributed by atoms with Gasteiger partial charge in [0.2, 0.25) is 11.8 Å². The highest BCUT2D eigenvalue weighted by atomic mass is 35.5. The van der Waals surface area contributed by atoms with Crippen molar-refractivity contribution in [3.05, 3.63) is 0 Å². The smallest absolute Gasteiger partial charge is 0.243 e. The zero-order valence-corrected chi connectivity index (χ0v) is 14.4. The summed E-state index contributed by atoms with van der Waals surface area (Å²) in [6.45, 7) is 5.12. The predicted octanol–water partition coefficient (Wildman–Crippen LogP) is 1.37. The van der Waals surface area contributed by atoms with Crippen LogP contribution in [0.15, 0.2) is 0 Å². The van der Waals surface area contributed by atoms with E-state index in [4.69, 9.17) is 0 Å². The lowest BCUT2D eigenvalue weighted by Crippen LogP contribution is -2.56. The Balaban J connectivity index is 0.00000220. The molecule has 3 unspecified atom stereocenters. The van der Waals surface area contributed by atoms with Crippen molar-refractivity contribution in [2.24, 2.45) is 0 Å². The maximum absolute atomic E-state index is 12.4. The number of nitrogens with one attached hydrogen (secondary N) is 2. The summed E-state index contributed by atoms with van der Waals surface area (Å²) in [7, 11) is 0. The fourth-order valence-electron chi connectivity index (χ4n) is 2.78. The summed E-state index contributed by atoms with van der Waals surface area (Å²) in [4.78, 5) is 26.2. The molecule has 3 atom stereocenters. The highest BCUT2D eigenvalue weighted by molar-refractivity contribution is 7.99. The van der Waals surface area contributed by atoms with E-state index in [1.165, 1.54) is 0 Å². The molecule has 0 aromatic carbocycles. The summed E-state index contributed by atoms with van der Waals surface area (Å²) < 4.78 is 0. The standard InChI is InChI=1S/C14H25N3O2S.ClH/c1-3-5-13(18)17-9-20-8-12(17)14(19)16-11-6-4-7-15-10(11)2;/h10-12,15H,3-9H2,1-2H3,(H,16,19);1H. The molecule has 122 valence electrons. The summed E-state index contributed by atoms with van der Waals surface area (Å²) >= 11 is 1.66. The van der Waals surface area contributed by atoms with Crippen LogP contribution in [0.2, 0.25) is 0 Å². The first-order chi connectivity index (χ1) is 9.63. The lowest BCUT2D eigenvalue weighted by atomic mass is 9.99. The van der Waals surface area contributed by atoms with Gasteiger partial charge < -0.3 is 15.5 Å². The van der Waals surface area contributed by atoms with Gasteiger partial charge in [0.1, 0.15) is 6.04 Å². The lowest BCUT2D eigenvalue weighted by molar-refractivity contribution is -0.138. The molecule has 0 aliphatic carbocycles. The van der Waals surface area contributed by atoms with Crippen molar-refractivity contribution in [2.45, 2.75) is 57.7 Å². The van der Waals surface area contributed by atoms with E-state index >= 15 is 0 Å². The van der Waals surface area contributed by atoms with Crippen molar-refractivity contribution in [1.82, 2.24) is 15.5 Å². The molecule has 2 saturated heterocycles. The maximum atomic E-state index is 12.4. The topological polar surface area (TPSA) is 61.4 Å². The molecule has 21 heavy (non-hydrogen) atoms. The second-order valence-corrected chi connectivity index (χ2v) is 6.63. The monoisotopic (exact) mass is 335 g/mol. The van der Waals surface area contributed by atoms with Gasteiger partial charge in [-0.1, -0.05) is 6.92 Å². The molecule has 2 N–H and O–H groups in total. The van der Waals surface area contributed by atoms with E-state index in [2.05, 4.69) is 17.6 Å². The molecule has 2 heterocycles. The molecule has 2 amide bonds. The number of rotatable bonds is 4. The number of halogens is 1. The third kappa shape index (κ3) is 4.76. The van der Waals surface area contributed by atoms with E-state index in [1.54, 1.807) is 16.7 Å². The number of thioether (sulfide) groups is 1. The molecule has 7 heteroatoms. The van der Waals surface area contributed by atoms with Crippen LogP contribution in [0.3, 0.4) is 0 Å². The SMILES string of the molecule is CCCC(=O)N1CSCC1C(=O)NC1CCCNC1C.Cl. The van der Waals surface area contributed by atoms with Gasteiger partial charge in [-0.15, -0.1) is 24.2 Å². The first kappa shape index (κ1) is 18.6. The van der Waals surface area contributed by atoms with Crippen LogP contribution in [0.5, 0.6) is 0 Å². The molecular formula is C14H26ClN3O2S. The molecule has 0 spiro atoms. The molecule has 5 nitrogen and oxygen atoms in total. The largest absolute Gasteiger partial charge is 0.350 e. The van der Waals surface area contributed by atoms with E-state index in [-0.39, 0.29) is 36.3 Å². The van der Waals surface area contributed by atoms with Crippen LogP contribution in [0, 0.1) is 0 Å². The second-order valence-electron chi connectivity index (χ2n) is 5.63. The Hall–Kier alpha value is -0.460. The first-order valence-electron chi connectivity index (χ1n) is 7.54. The Morgan fingerprint density at radius 1 is 1.43 bits per heavy atom. The van der Waals surface area contributed by atoms with Gasteiger partial charge in [-0.3, -0.25) is 9.59 Å². The third-order valence-electron chi connectivity index (χ3n) is 4.06. The highest BCUT2D eigenvalue weighted by Crippen LogP contribution is 2.22. The van der Waals surface area contributed by atoms with Crippen molar-refractivity contribution in [2.75, 3.05) is 18.2 Å². The van der Waals surface area contributed by atoms with E-state index in [1.807, 2.05) is 6.92 Å². The second kappa shape index (κ2) is 8.86. The molecule has 2 rings (SSSR count). The normalized spacial score (nSPS) is 28.9. The first-order valence-corrected chi connectivity index (χ1v) is 8.70. The van der Waals surface area contributed by atoms with Gasteiger partial charge in [-0.2, -0.15) is 0 Å². The Kier molecular flexibility index (Phi) is 7.84. The van der Waals surface area contributed by atoms with Gasteiger partial charge >= 0.3 is 0 Å². The minimum absolute atomic E-state index is 0. The summed E-state index contributed by atoms with van der Waals surface area (Å²) in [5, 5.41) is 6.51. The minimum Gasteiger partial charge on any atom is -0.350 e. The van der Waals surface area contributed by atoms with Crippen LogP contribution >= 0.6 is 24.2 Å². The molecule has 0 saturated carbocycles. The minimum atomic E-state index is -0.284. The Morgan fingerprint density at radius 3 is 2.86 bits per heavy atom. The Bertz CT molecular complexity index is 370. The fraction of sp³-hybridized carbons (Fsp3) is 0.857. The number of amides is 2. The predicted molar refractivity (Wildman–Crippen MR) is 88.7 cm³/mol. The number of piperidine rings is 1. The van der Waals surface area contributed by atoms with Crippen LogP contribution < -0.4 is 10.6 Å². The van der Waals surface area contributed by atoms with Gasteiger partial charge in [0.25, 0.3) is 0 Å². The van der Waals surface area contributed by atoms with E-state index < -0.39 is 0 Å². The molecule has 2 aliphatic rings. The zero-order valence-electron chi connectivity index (χ0n) is 12.8. The van der Waals surface area contributed by atoms with Crippen molar-refractivity contribution < 1.29 is 9.59 Å². The molecular weight excluding hydrogens is 310 g/mol. The lowest BCUT2D eigenvalue weighted by Gasteiger charge is -2.32. The summed E-state index contributed by atoms with van der Waals surface area (Å²) in [6, 6.07) is 0.208. The van der Waals surface area contributed by atoms with E-state index in [0.717, 1.165) is 31.6 Å². The van der Waals surface area contributed by atoms with Crippen LogP contribution in [0.1, 0.15) is 39.5 Å². The van der Waals surface area contributed by atoms with Gasteiger partial charge in [0.15, 0.2) is 0 Å². The Morgan fingerprint density at radius 2 is 2.19 bits per heavy atom. The van der Waals surface area contributed by atoms with Gasteiger partial charge in [-0.05, 0) is 32.7 Å². The number of nitrogens with zero attached hydrogens (tertiary/aromatic N) is 1. The maximum Gasteiger partial charge on any atom is 0.243 e. The summed E-state index contributed by atoms with van der Waals surface area (Å²) in [5.74, 6) is 1.48. The Labute approximate surface area is 137 Å². The summed E-state index contributed by atoms with van der Waals surface area (Å²) in [6.07, 6.45) is 3.47. The zero-order chi connectivity index (χ0) is 14.5. The van der Waals surface area contributed by atoms with Crippen molar-refractivity contribution in [3.8, 4) is 0 Å². The number of hydrogen-bond donors (Lipinski definition) is 2. The van der Waals surface area contributed by atoms with Crippen molar-refractivity contribution >= 4 is 36.0 Å². The average Bonchev–Trinajstić information content (AvgIpc) is 2.91. The van der Waals surface area contributed by atoms with Crippen LogP contribution in [0.25, 0.3) is 0 Å². The molecule has 0 aromatic heterocycles. The quantitative estimate of drug-likeness (QED) is 0.814. The molecule has 0 aromatic rings. The molecule has 0 bridgehead atoms. The number of carbonyl (C=O) groups is 2. The van der Waals surface area contributed by atoms with E-state index in [0.29, 0.717) is 18.3 Å². The number of carbonyl (C=O) groups excluding carboxylic acids is 2. The molecule has 2 fully saturated rings. The molecule has 2 aliphatic heterocycles. The van der Waals surface area contributed by atoms with Gasteiger partial charge in [0.05, 0.1) is 5.88 Å². The highest BCUT2D eigenvalue weighted by Gasteiger charge is 2.35. The van der Waals surface area contributed by atoms with Gasteiger partial charge in [0, 0.05) is 24.3 Å². The number of hydrogen-bond acceptors (Lipinski definition) is 4. The van der Waals surface area contributed by atoms with E-state index in [9.17, 15) is 9.59 Å². The molecule has 0 radical (unpaired) electrons. The van der Waals surface area contributed by atoms with Crippen LogP contribution in [0.4, 0.5) is 0 Å². The van der Waals surface area contributed by atoms with Crippen molar-refractivity contribution in [3.63, 3.8) is 0 Å². The van der Waals surface area contributed by atoms with Crippen LogP contribution in [-0.2, 0) is 9.59 Å².